The van der Waals surface area contributed by atoms with E-state index < -0.39 is 0 Å². The van der Waals surface area contributed by atoms with E-state index in [1.807, 2.05) is 48.2 Å². The molecule has 6 heteroatoms. The van der Waals surface area contributed by atoms with Crippen LogP contribution in [-0.4, -0.2) is 61.3 Å². The SMILES string of the molecule is Cc1cc(C)c(C(=O)N2CCN(c3ccccc3C)[C@@H](CO)C2)cc1CC1CCN(c2ccccc2C#N)CC1. The van der Waals surface area contributed by atoms with Gasteiger partial charge in [0.2, 0.25) is 0 Å². The molecule has 3 aromatic rings. The Labute approximate surface area is 238 Å². The lowest BCUT2D eigenvalue weighted by Crippen LogP contribution is -2.56. The molecule has 1 atom stereocenters. The molecule has 0 saturated carbocycles. The number of piperidine rings is 1. The van der Waals surface area contributed by atoms with Crippen molar-refractivity contribution in [3.05, 3.63) is 94.0 Å². The van der Waals surface area contributed by atoms with Crippen LogP contribution in [-0.2, 0) is 6.42 Å². The molecule has 2 aliphatic heterocycles. The van der Waals surface area contributed by atoms with E-state index in [9.17, 15) is 15.2 Å². The Morgan fingerprint density at radius 1 is 0.900 bits per heavy atom. The van der Waals surface area contributed by atoms with Gasteiger partial charge in [0.1, 0.15) is 6.07 Å². The number of anilines is 2. The lowest BCUT2D eigenvalue weighted by Gasteiger charge is -2.42. The molecule has 208 valence electrons. The van der Waals surface area contributed by atoms with Crippen molar-refractivity contribution in [3.8, 4) is 6.07 Å². The van der Waals surface area contributed by atoms with Crippen molar-refractivity contribution in [2.45, 2.75) is 46.1 Å². The van der Waals surface area contributed by atoms with Crippen molar-refractivity contribution in [1.82, 2.24) is 4.90 Å². The van der Waals surface area contributed by atoms with Gasteiger partial charge in [0.25, 0.3) is 5.91 Å². The second kappa shape index (κ2) is 12.1. The van der Waals surface area contributed by atoms with Gasteiger partial charge in [-0.25, -0.2) is 0 Å². The Morgan fingerprint density at radius 3 is 2.30 bits per heavy atom. The van der Waals surface area contributed by atoms with Gasteiger partial charge in [0, 0.05) is 44.0 Å². The zero-order valence-electron chi connectivity index (χ0n) is 23.9. The number of benzene rings is 3. The number of nitriles is 1. The smallest absolute Gasteiger partial charge is 0.254 e. The van der Waals surface area contributed by atoms with Gasteiger partial charge < -0.3 is 19.8 Å². The van der Waals surface area contributed by atoms with Crippen LogP contribution in [0.1, 0.15) is 51.0 Å². The predicted molar refractivity (Wildman–Crippen MR) is 161 cm³/mol. The maximum atomic E-state index is 13.8. The highest BCUT2D eigenvalue weighted by molar-refractivity contribution is 5.96. The number of nitrogens with zero attached hydrogens (tertiary/aromatic N) is 4. The van der Waals surface area contributed by atoms with Crippen LogP contribution < -0.4 is 9.80 Å². The minimum absolute atomic E-state index is 0.00772. The molecule has 1 amide bonds. The van der Waals surface area contributed by atoms with Crippen LogP contribution in [0.3, 0.4) is 0 Å². The molecule has 5 rings (SSSR count). The van der Waals surface area contributed by atoms with Crippen molar-refractivity contribution < 1.29 is 9.90 Å². The molecule has 2 fully saturated rings. The van der Waals surface area contributed by atoms with Crippen molar-refractivity contribution in [2.75, 3.05) is 49.1 Å². The number of rotatable bonds is 6. The fourth-order valence-corrected chi connectivity index (χ4v) is 6.45. The highest BCUT2D eigenvalue weighted by Crippen LogP contribution is 2.30. The normalized spacial score (nSPS) is 18.1. The van der Waals surface area contributed by atoms with Crippen LogP contribution in [0, 0.1) is 38.0 Å². The van der Waals surface area contributed by atoms with Crippen molar-refractivity contribution in [3.63, 3.8) is 0 Å². The van der Waals surface area contributed by atoms with Crippen LogP contribution in [0.25, 0.3) is 0 Å². The fraction of sp³-hybridized carbons (Fsp3) is 0.412. The van der Waals surface area contributed by atoms with Crippen LogP contribution in [0.5, 0.6) is 0 Å². The number of carbonyl (C=O) groups is 1. The predicted octanol–water partition coefficient (Wildman–Crippen LogP) is 5.27. The van der Waals surface area contributed by atoms with Crippen molar-refractivity contribution in [2.24, 2.45) is 5.92 Å². The number of aryl methyl sites for hydroxylation is 3. The van der Waals surface area contributed by atoms with E-state index in [2.05, 4.69) is 54.0 Å². The Kier molecular flexibility index (Phi) is 8.42. The molecule has 2 heterocycles. The van der Waals surface area contributed by atoms with E-state index in [-0.39, 0.29) is 18.6 Å². The van der Waals surface area contributed by atoms with E-state index in [4.69, 9.17) is 0 Å². The number of hydrogen-bond acceptors (Lipinski definition) is 5. The first-order chi connectivity index (χ1) is 19.4. The largest absolute Gasteiger partial charge is 0.394 e. The molecular formula is C34H40N4O2. The maximum Gasteiger partial charge on any atom is 0.254 e. The second-order valence-corrected chi connectivity index (χ2v) is 11.4. The van der Waals surface area contributed by atoms with Gasteiger partial charge in [-0.15, -0.1) is 0 Å². The summed E-state index contributed by atoms with van der Waals surface area (Å²) in [5.74, 6) is 0.607. The van der Waals surface area contributed by atoms with Crippen molar-refractivity contribution in [1.29, 1.82) is 5.26 Å². The highest BCUT2D eigenvalue weighted by Gasteiger charge is 2.31. The van der Waals surface area contributed by atoms with Crippen LogP contribution in [0.4, 0.5) is 11.4 Å². The number of hydrogen-bond donors (Lipinski definition) is 1. The van der Waals surface area contributed by atoms with E-state index >= 15 is 0 Å². The maximum absolute atomic E-state index is 13.8. The molecular weight excluding hydrogens is 496 g/mol. The summed E-state index contributed by atoms with van der Waals surface area (Å²) in [5, 5.41) is 19.7. The molecule has 0 aromatic heterocycles. The molecule has 40 heavy (non-hydrogen) atoms. The number of carbonyl (C=O) groups excluding carboxylic acids is 1. The van der Waals surface area contributed by atoms with E-state index in [1.54, 1.807) is 0 Å². The van der Waals surface area contributed by atoms with Gasteiger partial charge in [-0.05, 0) is 92.5 Å². The van der Waals surface area contributed by atoms with Crippen LogP contribution in [0.2, 0.25) is 0 Å². The molecule has 3 aromatic carbocycles. The van der Waals surface area contributed by atoms with Crippen molar-refractivity contribution >= 4 is 17.3 Å². The molecule has 2 aliphatic rings. The summed E-state index contributed by atoms with van der Waals surface area (Å²) in [5.41, 5.74) is 8.36. The fourth-order valence-electron chi connectivity index (χ4n) is 6.45. The number of aliphatic hydroxyl groups excluding tert-OH is 1. The number of amides is 1. The second-order valence-electron chi connectivity index (χ2n) is 11.4. The van der Waals surface area contributed by atoms with Gasteiger partial charge >= 0.3 is 0 Å². The third kappa shape index (κ3) is 5.71. The molecule has 0 radical (unpaired) electrons. The number of piperazine rings is 1. The summed E-state index contributed by atoms with van der Waals surface area (Å²) in [4.78, 5) is 20.3. The first-order valence-corrected chi connectivity index (χ1v) is 14.5. The summed E-state index contributed by atoms with van der Waals surface area (Å²) in [6.45, 7) is 10.00. The Hall–Kier alpha value is -3.82. The molecule has 1 N–H and O–H groups in total. The standard InChI is InChI=1S/C34H40N4O2/c1-24-8-4-6-10-32(24)38-17-16-37(22-30(38)23-39)34(40)31-20-29(25(2)18-26(31)3)19-27-12-14-36(15-13-27)33-11-7-5-9-28(33)21-35/h4-11,18,20,27,30,39H,12-17,19,22-23H2,1-3H3/t30-/m1/s1. The summed E-state index contributed by atoms with van der Waals surface area (Å²) < 4.78 is 0. The lowest BCUT2D eigenvalue weighted by atomic mass is 9.86. The zero-order chi connectivity index (χ0) is 28.2. The van der Waals surface area contributed by atoms with Gasteiger partial charge in [0.05, 0.1) is 23.9 Å². The summed E-state index contributed by atoms with van der Waals surface area (Å²) >= 11 is 0. The van der Waals surface area contributed by atoms with Crippen LogP contribution in [0.15, 0.2) is 60.7 Å². The van der Waals surface area contributed by atoms with Crippen LogP contribution >= 0.6 is 0 Å². The Bertz CT molecular complexity index is 1400. The summed E-state index contributed by atoms with van der Waals surface area (Å²) in [7, 11) is 0. The van der Waals surface area contributed by atoms with Gasteiger partial charge in [0.15, 0.2) is 0 Å². The number of para-hydroxylation sites is 2. The molecule has 0 bridgehead atoms. The van der Waals surface area contributed by atoms with Gasteiger partial charge in [-0.2, -0.15) is 5.26 Å². The van der Waals surface area contributed by atoms with Gasteiger partial charge in [-0.1, -0.05) is 36.4 Å². The lowest BCUT2D eigenvalue weighted by molar-refractivity contribution is 0.0698. The average molecular weight is 537 g/mol. The topological polar surface area (TPSA) is 70.8 Å². The minimum Gasteiger partial charge on any atom is -0.394 e. The quantitative estimate of drug-likeness (QED) is 0.465. The first kappa shape index (κ1) is 27.7. The monoisotopic (exact) mass is 536 g/mol. The van der Waals surface area contributed by atoms with E-state index in [0.29, 0.717) is 25.6 Å². The third-order valence-electron chi connectivity index (χ3n) is 8.81. The molecule has 0 aliphatic carbocycles. The Morgan fingerprint density at radius 2 is 1.60 bits per heavy atom. The average Bonchev–Trinajstić information content (AvgIpc) is 2.98. The zero-order valence-corrected chi connectivity index (χ0v) is 23.9. The summed E-state index contributed by atoms with van der Waals surface area (Å²) in [6, 6.07) is 22.6. The highest BCUT2D eigenvalue weighted by atomic mass is 16.3. The van der Waals surface area contributed by atoms with Gasteiger partial charge in [-0.3, -0.25) is 4.79 Å². The molecule has 0 spiro atoms. The minimum atomic E-state index is -0.125. The first-order valence-electron chi connectivity index (χ1n) is 14.5. The van der Waals surface area contributed by atoms with E-state index in [1.165, 1.54) is 16.7 Å². The third-order valence-corrected chi connectivity index (χ3v) is 8.81. The summed E-state index contributed by atoms with van der Waals surface area (Å²) in [6.07, 6.45) is 3.09. The molecule has 0 unspecified atom stereocenters. The number of aliphatic hydroxyl groups is 1. The van der Waals surface area contributed by atoms with E-state index in [0.717, 1.165) is 60.4 Å². The molecule has 2 saturated heterocycles. The Balaban J connectivity index is 1.26. The molecule has 6 nitrogen and oxygen atoms in total.